The van der Waals surface area contributed by atoms with Crippen molar-refractivity contribution in [3.63, 3.8) is 0 Å². The SMILES string of the molecule is CCCc1cc(OC(=O)OC[N+](C)(CC)CC)c2c(c1)OC(C)(C)C1CCC(C)=CC21.[CH3-]. The normalized spacial score (nSPS) is 21.3. The lowest BCUT2D eigenvalue weighted by Gasteiger charge is -2.46. The molecule has 0 radical (unpaired) electrons. The first kappa shape index (κ1) is 26.2. The quantitative estimate of drug-likeness (QED) is 0.118. The van der Waals surface area contributed by atoms with Crippen molar-refractivity contribution in [3.05, 3.63) is 42.3 Å². The molecule has 2 unspecified atom stereocenters. The molecule has 0 saturated heterocycles. The van der Waals surface area contributed by atoms with Crippen LogP contribution in [-0.2, 0) is 11.2 Å². The summed E-state index contributed by atoms with van der Waals surface area (Å²) in [6.07, 6.45) is 5.78. The van der Waals surface area contributed by atoms with Crippen LogP contribution in [0.5, 0.6) is 11.5 Å². The van der Waals surface area contributed by atoms with E-state index >= 15 is 0 Å². The minimum atomic E-state index is -0.639. The van der Waals surface area contributed by atoms with Gasteiger partial charge in [-0.25, -0.2) is 4.79 Å². The van der Waals surface area contributed by atoms with E-state index in [2.05, 4.69) is 60.7 Å². The first-order valence-corrected chi connectivity index (χ1v) is 11.8. The smallest absolute Gasteiger partial charge is 0.487 e. The molecular weight excluding hydrogens is 402 g/mol. The number of benzene rings is 1. The highest BCUT2D eigenvalue weighted by Gasteiger charge is 2.45. The third kappa shape index (κ3) is 5.48. The lowest BCUT2D eigenvalue weighted by atomic mass is 9.68. The maximum Gasteiger partial charge on any atom is 0.518 e. The Morgan fingerprint density at radius 3 is 2.53 bits per heavy atom. The number of hydrogen-bond acceptors (Lipinski definition) is 4. The summed E-state index contributed by atoms with van der Waals surface area (Å²) < 4.78 is 18.6. The summed E-state index contributed by atoms with van der Waals surface area (Å²) in [5.74, 6) is 1.95. The highest BCUT2D eigenvalue weighted by Crippen LogP contribution is 2.53. The van der Waals surface area contributed by atoms with Gasteiger partial charge in [0.1, 0.15) is 17.1 Å². The third-order valence-corrected chi connectivity index (χ3v) is 7.26. The van der Waals surface area contributed by atoms with Crippen LogP contribution in [0.25, 0.3) is 0 Å². The highest BCUT2D eigenvalue weighted by molar-refractivity contribution is 5.67. The predicted molar refractivity (Wildman–Crippen MR) is 130 cm³/mol. The number of quaternary nitrogens is 1. The van der Waals surface area contributed by atoms with Crippen LogP contribution in [-0.4, -0.2) is 43.1 Å². The van der Waals surface area contributed by atoms with Crippen LogP contribution in [0.15, 0.2) is 23.8 Å². The number of fused-ring (bicyclic) bond motifs is 3. The summed E-state index contributed by atoms with van der Waals surface area (Å²) in [7, 11) is 2.08. The van der Waals surface area contributed by atoms with Crippen LogP contribution in [0, 0.1) is 13.3 Å². The lowest BCUT2D eigenvalue weighted by Crippen LogP contribution is -2.46. The molecule has 2 aliphatic rings. The van der Waals surface area contributed by atoms with Gasteiger partial charge in [0.25, 0.3) is 0 Å². The molecule has 0 amide bonds. The number of ether oxygens (including phenoxy) is 3. The fraction of sp³-hybridized carbons (Fsp3) is 0.630. The minimum absolute atomic E-state index is 0. The van der Waals surface area contributed by atoms with E-state index in [0.29, 0.717) is 22.9 Å². The molecule has 1 aliphatic carbocycles. The molecule has 0 aromatic heterocycles. The van der Waals surface area contributed by atoms with Crippen LogP contribution in [0.4, 0.5) is 4.79 Å². The molecule has 0 N–H and O–H groups in total. The fourth-order valence-corrected chi connectivity index (χ4v) is 4.81. The maximum absolute atomic E-state index is 12.7. The van der Waals surface area contributed by atoms with E-state index in [1.54, 1.807) is 0 Å². The molecule has 0 spiro atoms. The zero-order chi connectivity index (χ0) is 22.8. The molecule has 2 atom stereocenters. The Kier molecular flexibility index (Phi) is 8.44. The topological polar surface area (TPSA) is 44.8 Å². The third-order valence-electron chi connectivity index (χ3n) is 7.26. The second kappa shape index (κ2) is 10.3. The van der Waals surface area contributed by atoms with Gasteiger partial charge in [0.05, 0.1) is 20.1 Å². The molecule has 1 heterocycles. The summed E-state index contributed by atoms with van der Waals surface area (Å²) >= 11 is 0. The Labute approximate surface area is 195 Å². The van der Waals surface area contributed by atoms with Crippen molar-refractivity contribution in [2.75, 3.05) is 26.9 Å². The Morgan fingerprint density at radius 1 is 1.22 bits per heavy atom. The molecule has 180 valence electrons. The van der Waals surface area contributed by atoms with E-state index in [1.165, 1.54) is 5.57 Å². The van der Waals surface area contributed by atoms with Gasteiger partial charge >= 0.3 is 6.16 Å². The van der Waals surface area contributed by atoms with Gasteiger partial charge in [-0.1, -0.05) is 25.0 Å². The van der Waals surface area contributed by atoms with Crippen molar-refractivity contribution in [1.29, 1.82) is 0 Å². The first-order valence-electron chi connectivity index (χ1n) is 11.8. The number of hydrogen-bond donors (Lipinski definition) is 0. The average Bonchev–Trinajstić information content (AvgIpc) is 2.71. The summed E-state index contributed by atoms with van der Waals surface area (Å²) in [6.45, 7) is 15.0. The summed E-state index contributed by atoms with van der Waals surface area (Å²) in [5.41, 5.74) is 3.23. The van der Waals surface area contributed by atoms with Crippen molar-refractivity contribution in [1.82, 2.24) is 0 Å². The molecule has 1 aromatic carbocycles. The molecule has 5 heteroatoms. The van der Waals surface area contributed by atoms with Crippen LogP contribution >= 0.6 is 0 Å². The second-order valence-electron chi connectivity index (χ2n) is 10.0. The fourth-order valence-electron chi connectivity index (χ4n) is 4.81. The largest absolute Gasteiger partial charge is 0.518 e. The number of carbonyl (C=O) groups excluding carboxylic acids is 1. The summed E-state index contributed by atoms with van der Waals surface area (Å²) in [5, 5.41) is 0. The van der Waals surface area contributed by atoms with Crippen molar-refractivity contribution < 1.29 is 23.5 Å². The van der Waals surface area contributed by atoms with E-state index in [1.807, 2.05) is 6.07 Å². The van der Waals surface area contributed by atoms with Crippen LogP contribution < -0.4 is 9.47 Å². The van der Waals surface area contributed by atoms with Crippen molar-refractivity contribution in [2.24, 2.45) is 5.92 Å². The molecule has 32 heavy (non-hydrogen) atoms. The lowest BCUT2D eigenvalue weighted by molar-refractivity contribution is -0.922. The van der Waals surface area contributed by atoms with Gasteiger partial charge < -0.3 is 21.6 Å². The van der Waals surface area contributed by atoms with Gasteiger partial charge in [0.15, 0.2) is 0 Å². The van der Waals surface area contributed by atoms with E-state index in [-0.39, 0.29) is 18.9 Å². The van der Waals surface area contributed by atoms with Gasteiger partial charge in [-0.2, -0.15) is 0 Å². The molecule has 0 bridgehead atoms. The predicted octanol–water partition coefficient (Wildman–Crippen LogP) is 6.66. The number of carbonyl (C=O) groups is 1. The van der Waals surface area contributed by atoms with Crippen LogP contribution in [0.2, 0.25) is 0 Å². The summed E-state index contributed by atoms with van der Waals surface area (Å²) in [4.78, 5) is 12.7. The molecule has 1 aliphatic heterocycles. The maximum atomic E-state index is 12.7. The Hall–Kier alpha value is -2.01. The van der Waals surface area contributed by atoms with Gasteiger partial charge in [0, 0.05) is 17.4 Å². The number of nitrogens with zero attached hydrogens (tertiary/aromatic N) is 1. The van der Waals surface area contributed by atoms with Gasteiger partial charge in [0.2, 0.25) is 6.73 Å². The van der Waals surface area contributed by atoms with Crippen molar-refractivity contribution >= 4 is 6.16 Å². The van der Waals surface area contributed by atoms with E-state index < -0.39 is 6.16 Å². The molecule has 1 aromatic rings. The molecular formula is C27H43NO4. The van der Waals surface area contributed by atoms with Crippen molar-refractivity contribution in [2.45, 2.75) is 78.7 Å². The van der Waals surface area contributed by atoms with E-state index in [4.69, 9.17) is 14.2 Å². The number of rotatable bonds is 7. The Balaban J connectivity index is 0.00000363. The molecule has 5 nitrogen and oxygen atoms in total. The first-order chi connectivity index (χ1) is 14.6. The average molecular weight is 446 g/mol. The van der Waals surface area contributed by atoms with Crippen LogP contribution in [0.1, 0.15) is 77.8 Å². The zero-order valence-corrected chi connectivity index (χ0v) is 21.4. The zero-order valence-electron chi connectivity index (χ0n) is 21.4. The number of aryl methyl sites for hydroxylation is 1. The second-order valence-corrected chi connectivity index (χ2v) is 10.0. The Bertz CT molecular complexity index is 838. The van der Waals surface area contributed by atoms with E-state index in [0.717, 1.165) is 55.6 Å². The monoisotopic (exact) mass is 445 g/mol. The standard InChI is InChI=1S/C26H40NO4.CH3/c1-8-11-19-15-22(30-25(28)29-17-27(7,9-2)10-3)24-20-14-18(4)12-13-21(20)26(5,6)31-23(24)16-19;/h14-16,20-21H,8-13,17H2,1-7H3;1H3/q+1;-1. The van der Waals surface area contributed by atoms with Gasteiger partial charge in [-0.3, -0.25) is 4.48 Å². The number of allylic oxidation sites excluding steroid dienone is 2. The Morgan fingerprint density at radius 2 is 1.91 bits per heavy atom. The molecule has 0 fully saturated rings. The minimum Gasteiger partial charge on any atom is -0.487 e. The molecule has 3 rings (SSSR count). The highest BCUT2D eigenvalue weighted by atomic mass is 16.7. The summed E-state index contributed by atoms with van der Waals surface area (Å²) in [6, 6.07) is 4.14. The van der Waals surface area contributed by atoms with Crippen LogP contribution in [0.3, 0.4) is 0 Å². The molecule has 0 saturated carbocycles. The van der Waals surface area contributed by atoms with E-state index in [9.17, 15) is 4.79 Å². The van der Waals surface area contributed by atoms with Crippen molar-refractivity contribution in [3.8, 4) is 11.5 Å². The van der Waals surface area contributed by atoms with Gasteiger partial charge in [-0.15, -0.1) is 0 Å². The van der Waals surface area contributed by atoms with Gasteiger partial charge in [-0.05, 0) is 71.6 Å².